The fourth-order valence-corrected chi connectivity index (χ4v) is 3.15. The third-order valence-corrected chi connectivity index (χ3v) is 4.90. The first-order valence-corrected chi connectivity index (χ1v) is 10.3. The molecule has 0 N–H and O–H groups in total. The van der Waals surface area contributed by atoms with E-state index in [1.165, 1.54) is 6.92 Å². The first-order valence-electron chi connectivity index (χ1n) is 10.3. The van der Waals surface area contributed by atoms with Crippen molar-refractivity contribution in [3.05, 3.63) is 60.2 Å². The zero-order chi connectivity index (χ0) is 21.8. The molecule has 0 fully saturated rings. The van der Waals surface area contributed by atoms with Gasteiger partial charge in [-0.05, 0) is 69.0 Å². The molecule has 0 bridgehead atoms. The lowest BCUT2D eigenvalue weighted by Crippen LogP contribution is -2.23. The number of ether oxygens (including phenoxy) is 2. The molecule has 0 spiro atoms. The van der Waals surface area contributed by atoms with E-state index in [-0.39, 0.29) is 25.2 Å². The van der Waals surface area contributed by atoms with Crippen molar-refractivity contribution in [1.82, 2.24) is 0 Å². The van der Waals surface area contributed by atoms with E-state index >= 15 is 0 Å². The summed E-state index contributed by atoms with van der Waals surface area (Å²) in [5.41, 5.74) is 0.620. The minimum atomic E-state index is -4.18. The number of benzene rings is 2. The maximum Gasteiger partial charge on any atom is 0.391 e. The molecule has 6 heteroatoms. The molecule has 3 nitrogen and oxygen atoms in total. The topological polar surface area (TPSA) is 35.5 Å². The van der Waals surface area contributed by atoms with Crippen molar-refractivity contribution in [2.45, 2.75) is 51.6 Å². The Morgan fingerprint density at radius 2 is 1.37 bits per heavy atom. The number of para-hydroxylation sites is 1. The molecule has 0 saturated carbocycles. The number of alkyl halides is 3. The second kappa shape index (κ2) is 12.3. The van der Waals surface area contributed by atoms with Gasteiger partial charge in [0.05, 0.1) is 19.1 Å². The Bertz CT molecular complexity index is 743. The van der Waals surface area contributed by atoms with E-state index in [1.54, 1.807) is 36.4 Å². The second-order valence-corrected chi connectivity index (χ2v) is 7.32. The number of halogens is 3. The molecule has 0 amide bonds. The fourth-order valence-electron chi connectivity index (χ4n) is 3.15. The van der Waals surface area contributed by atoms with E-state index in [4.69, 9.17) is 9.47 Å². The average Bonchev–Trinajstić information content (AvgIpc) is 2.72. The Morgan fingerprint density at radius 1 is 0.800 bits per heavy atom. The lowest BCUT2D eigenvalue weighted by Gasteiger charge is -2.20. The molecule has 0 aliphatic carbocycles. The average molecular weight is 422 g/mol. The number of Topliss-reactive ketones (excluding diaryl/α,β-unsaturated/α-hetero) is 1. The Hall–Kier alpha value is -2.50. The minimum Gasteiger partial charge on any atom is -0.494 e. The van der Waals surface area contributed by atoms with Crippen LogP contribution in [-0.4, -0.2) is 25.2 Å². The number of carbonyl (C=O) groups excluding carboxylic acids is 1. The molecular weight excluding hydrogens is 393 g/mol. The third kappa shape index (κ3) is 8.89. The van der Waals surface area contributed by atoms with E-state index in [0.29, 0.717) is 49.4 Å². The number of rotatable bonds is 13. The standard InChI is InChI=1S/C24H29F3O3/c1-19(28)20-13-15-23(16-14-20)29-17-7-3-4-9-21(24(25,26)27)10-8-18-30-22-11-5-2-6-12-22/h2,5-6,11-16,21H,3-4,7-10,17-18H2,1H3. The van der Waals surface area contributed by atoms with Gasteiger partial charge in [-0.25, -0.2) is 0 Å². The maximum absolute atomic E-state index is 13.3. The van der Waals surface area contributed by atoms with Crippen LogP contribution in [0.15, 0.2) is 54.6 Å². The molecule has 0 aliphatic rings. The molecule has 0 aliphatic heterocycles. The van der Waals surface area contributed by atoms with Crippen molar-refractivity contribution < 1.29 is 27.4 Å². The van der Waals surface area contributed by atoms with Crippen molar-refractivity contribution in [3.63, 3.8) is 0 Å². The van der Waals surface area contributed by atoms with Gasteiger partial charge < -0.3 is 9.47 Å². The predicted molar refractivity (Wildman–Crippen MR) is 111 cm³/mol. The summed E-state index contributed by atoms with van der Waals surface area (Å²) in [7, 11) is 0. The maximum atomic E-state index is 13.3. The van der Waals surface area contributed by atoms with Crippen LogP contribution in [0.1, 0.15) is 55.8 Å². The molecule has 0 radical (unpaired) electrons. The zero-order valence-electron chi connectivity index (χ0n) is 17.3. The minimum absolute atomic E-state index is 0.00704. The predicted octanol–water partition coefficient (Wildman–Crippen LogP) is 6.87. The smallest absolute Gasteiger partial charge is 0.391 e. The highest BCUT2D eigenvalue weighted by atomic mass is 19.4. The molecule has 0 saturated heterocycles. The number of hydrogen-bond acceptors (Lipinski definition) is 3. The van der Waals surface area contributed by atoms with Crippen LogP contribution >= 0.6 is 0 Å². The Balaban J connectivity index is 1.61. The van der Waals surface area contributed by atoms with E-state index in [2.05, 4.69) is 0 Å². The first-order chi connectivity index (χ1) is 14.4. The van der Waals surface area contributed by atoms with Gasteiger partial charge in [-0.15, -0.1) is 0 Å². The number of hydrogen-bond donors (Lipinski definition) is 0. The lowest BCUT2D eigenvalue weighted by molar-refractivity contribution is -0.179. The van der Waals surface area contributed by atoms with Crippen LogP contribution in [0, 0.1) is 5.92 Å². The summed E-state index contributed by atoms with van der Waals surface area (Å²) in [4.78, 5) is 11.2. The van der Waals surface area contributed by atoms with Gasteiger partial charge in [0.25, 0.3) is 0 Å². The zero-order valence-corrected chi connectivity index (χ0v) is 17.3. The molecule has 0 heterocycles. The highest BCUT2D eigenvalue weighted by Gasteiger charge is 2.38. The first kappa shape index (κ1) is 23.8. The summed E-state index contributed by atoms with van der Waals surface area (Å²) in [5, 5.41) is 0. The third-order valence-electron chi connectivity index (χ3n) is 4.90. The molecule has 30 heavy (non-hydrogen) atoms. The van der Waals surface area contributed by atoms with Gasteiger partial charge in [0.15, 0.2) is 5.78 Å². The van der Waals surface area contributed by atoms with Gasteiger partial charge in [-0.3, -0.25) is 4.79 Å². The lowest BCUT2D eigenvalue weighted by atomic mass is 9.96. The molecular formula is C24H29F3O3. The fraction of sp³-hybridized carbons (Fsp3) is 0.458. The number of ketones is 1. The van der Waals surface area contributed by atoms with Crippen molar-refractivity contribution >= 4 is 5.78 Å². The van der Waals surface area contributed by atoms with Crippen LogP contribution in [0.3, 0.4) is 0 Å². The Labute approximate surface area is 176 Å². The molecule has 2 aromatic carbocycles. The molecule has 1 unspecified atom stereocenters. The van der Waals surface area contributed by atoms with Gasteiger partial charge in [0, 0.05) is 5.56 Å². The van der Waals surface area contributed by atoms with Crippen LogP contribution in [0.5, 0.6) is 11.5 Å². The van der Waals surface area contributed by atoms with E-state index in [9.17, 15) is 18.0 Å². The summed E-state index contributed by atoms with van der Waals surface area (Å²) in [5.74, 6) is 0.0351. The molecule has 0 aromatic heterocycles. The monoisotopic (exact) mass is 422 g/mol. The summed E-state index contributed by atoms with van der Waals surface area (Å²) in [6, 6.07) is 16.0. The van der Waals surface area contributed by atoms with Crippen molar-refractivity contribution in [3.8, 4) is 11.5 Å². The molecule has 164 valence electrons. The normalized spacial score (nSPS) is 12.4. The summed E-state index contributed by atoms with van der Waals surface area (Å²) >= 11 is 0. The Kier molecular flexibility index (Phi) is 9.71. The van der Waals surface area contributed by atoms with Crippen molar-refractivity contribution in [1.29, 1.82) is 0 Å². The van der Waals surface area contributed by atoms with E-state index < -0.39 is 12.1 Å². The van der Waals surface area contributed by atoms with Gasteiger partial charge in [-0.1, -0.05) is 31.0 Å². The van der Waals surface area contributed by atoms with Crippen LogP contribution in [0.2, 0.25) is 0 Å². The van der Waals surface area contributed by atoms with Gasteiger partial charge in [-0.2, -0.15) is 13.2 Å². The molecule has 2 aromatic rings. The van der Waals surface area contributed by atoms with E-state index in [0.717, 1.165) is 0 Å². The van der Waals surface area contributed by atoms with Crippen molar-refractivity contribution in [2.75, 3.05) is 13.2 Å². The molecule has 1 atom stereocenters. The summed E-state index contributed by atoms with van der Waals surface area (Å²) in [6.45, 7) is 2.23. The SMILES string of the molecule is CC(=O)c1ccc(OCCCCCC(CCCOc2ccccc2)C(F)(F)F)cc1. The van der Waals surface area contributed by atoms with Crippen LogP contribution < -0.4 is 9.47 Å². The summed E-state index contributed by atoms with van der Waals surface area (Å²) in [6.07, 6.45) is -1.72. The van der Waals surface area contributed by atoms with Gasteiger partial charge in [0.1, 0.15) is 11.5 Å². The van der Waals surface area contributed by atoms with Crippen molar-refractivity contribution in [2.24, 2.45) is 5.92 Å². The number of carbonyl (C=O) groups is 1. The quantitative estimate of drug-likeness (QED) is 0.261. The Morgan fingerprint density at radius 3 is 1.97 bits per heavy atom. The summed E-state index contributed by atoms with van der Waals surface area (Å²) < 4.78 is 50.9. The van der Waals surface area contributed by atoms with Crippen LogP contribution in [0.25, 0.3) is 0 Å². The largest absolute Gasteiger partial charge is 0.494 e. The van der Waals surface area contributed by atoms with Gasteiger partial charge in [0.2, 0.25) is 0 Å². The molecule has 2 rings (SSSR count). The van der Waals surface area contributed by atoms with Gasteiger partial charge >= 0.3 is 6.18 Å². The van der Waals surface area contributed by atoms with E-state index in [1.807, 2.05) is 18.2 Å². The highest BCUT2D eigenvalue weighted by molar-refractivity contribution is 5.94. The number of unbranched alkanes of at least 4 members (excludes halogenated alkanes) is 2. The highest BCUT2D eigenvalue weighted by Crippen LogP contribution is 2.34. The van der Waals surface area contributed by atoms with Crippen LogP contribution in [0.4, 0.5) is 13.2 Å². The van der Waals surface area contributed by atoms with Crippen LogP contribution in [-0.2, 0) is 0 Å². The second-order valence-electron chi connectivity index (χ2n) is 7.32.